The number of epoxide rings is 1. The molecule has 2 heterocycles. The van der Waals surface area contributed by atoms with E-state index in [9.17, 15) is 14.7 Å². The van der Waals surface area contributed by atoms with Gasteiger partial charge in [-0.25, -0.2) is 0 Å². The lowest BCUT2D eigenvalue weighted by Crippen LogP contribution is -2.52. The summed E-state index contributed by atoms with van der Waals surface area (Å²) in [6.07, 6.45) is 7.70. The van der Waals surface area contributed by atoms with Crippen molar-refractivity contribution in [3.05, 3.63) is 23.8 Å². The molecule has 2 saturated heterocycles. The number of hydrogen-bond donors (Lipinski definition) is 1. The maximum absolute atomic E-state index is 12.3. The molecular formula is C17H23NO4. The zero-order valence-electron chi connectivity index (χ0n) is 13.1. The highest BCUT2D eigenvalue weighted by Gasteiger charge is 2.52. The second-order valence-corrected chi connectivity index (χ2v) is 6.57. The molecule has 3 fully saturated rings. The number of aliphatic hydroxyl groups is 1. The Labute approximate surface area is 130 Å². The lowest BCUT2D eigenvalue weighted by molar-refractivity contribution is -0.139. The third-order valence-electron chi connectivity index (χ3n) is 4.55. The summed E-state index contributed by atoms with van der Waals surface area (Å²) >= 11 is 0. The van der Waals surface area contributed by atoms with E-state index in [0.717, 1.165) is 12.0 Å². The van der Waals surface area contributed by atoms with Gasteiger partial charge in [-0.1, -0.05) is 23.8 Å². The van der Waals surface area contributed by atoms with E-state index < -0.39 is 12.1 Å². The minimum Gasteiger partial charge on any atom is -0.383 e. The minimum atomic E-state index is -1.19. The van der Waals surface area contributed by atoms with Crippen LogP contribution in [0.25, 0.3) is 0 Å². The van der Waals surface area contributed by atoms with Crippen molar-refractivity contribution in [3.8, 4) is 0 Å². The second-order valence-electron chi connectivity index (χ2n) is 6.57. The molecule has 0 unspecified atom stereocenters. The fraction of sp³-hybridized carbons (Fsp3) is 0.647. The maximum Gasteiger partial charge on any atom is 0.255 e. The SMILES string of the molecule is CC(=O)[C@@H](O)[C@@H](/C=C(C)/C=C/C1CC1)N1CC[C@@H]2O[C@@H]2C1=O. The predicted molar refractivity (Wildman–Crippen MR) is 81.1 cm³/mol. The number of nitrogens with zero attached hydrogens (tertiary/aromatic N) is 1. The van der Waals surface area contributed by atoms with Crippen molar-refractivity contribution < 1.29 is 19.4 Å². The van der Waals surface area contributed by atoms with Crippen molar-refractivity contribution in [2.24, 2.45) is 5.92 Å². The average Bonchev–Trinajstić information content (AvgIpc) is 3.36. The van der Waals surface area contributed by atoms with E-state index in [1.165, 1.54) is 19.8 Å². The van der Waals surface area contributed by atoms with Gasteiger partial charge in [-0.15, -0.1) is 0 Å². The number of likely N-dealkylation sites (tertiary alicyclic amines) is 1. The van der Waals surface area contributed by atoms with Gasteiger partial charge in [0.25, 0.3) is 5.91 Å². The van der Waals surface area contributed by atoms with Gasteiger partial charge in [0.05, 0.1) is 12.1 Å². The number of ketones is 1. The Morgan fingerprint density at radius 3 is 2.73 bits per heavy atom. The Kier molecular flexibility index (Phi) is 4.19. The van der Waals surface area contributed by atoms with Crippen molar-refractivity contribution in [1.29, 1.82) is 0 Å². The van der Waals surface area contributed by atoms with Gasteiger partial charge in [0, 0.05) is 6.54 Å². The molecule has 0 aromatic rings. The Morgan fingerprint density at radius 1 is 1.36 bits per heavy atom. The number of fused-ring (bicyclic) bond motifs is 1. The number of aliphatic hydroxyl groups excluding tert-OH is 1. The molecule has 3 rings (SSSR count). The summed E-state index contributed by atoms with van der Waals surface area (Å²) in [6, 6.07) is -0.612. The zero-order valence-corrected chi connectivity index (χ0v) is 13.1. The molecule has 22 heavy (non-hydrogen) atoms. The molecule has 0 aromatic heterocycles. The van der Waals surface area contributed by atoms with E-state index in [1.54, 1.807) is 4.90 Å². The van der Waals surface area contributed by atoms with Crippen LogP contribution in [0.5, 0.6) is 0 Å². The number of piperidine rings is 1. The van der Waals surface area contributed by atoms with Crippen LogP contribution < -0.4 is 0 Å². The van der Waals surface area contributed by atoms with E-state index in [2.05, 4.69) is 6.08 Å². The number of allylic oxidation sites excluding steroid dienone is 3. The van der Waals surface area contributed by atoms with Crippen molar-refractivity contribution in [2.75, 3.05) is 6.54 Å². The summed E-state index contributed by atoms with van der Waals surface area (Å²) in [6.45, 7) is 3.81. The van der Waals surface area contributed by atoms with Crippen LogP contribution in [-0.2, 0) is 14.3 Å². The van der Waals surface area contributed by atoms with Gasteiger partial charge >= 0.3 is 0 Å². The minimum absolute atomic E-state index is 0.0405. The first kappa shape index (κ1) is 15.4. The summed E-state index contributed by atoms with van der Waals surface area (Å²) in [7, 11) is 0. The molecule has 1 aliphatic carbocycles. The van der Waals surface area contributed by atoms with E-state index in [-0.39, 0.29) is 23.9 Å². The van der Waals surface area contributed by atoms with Gasteiger partial charge in [-0.2, -0.15) is 0 Å². The molecule has 0 radical (unpaired) electrons. The quantitative estimate of drug-likeness (QED) is 0.591. The monoisotopic (exact) mass is 305 g/mol. The molecular weight excluding hydrogens is 282 g/mol. The zero-order chi connectivity index (χ0) is 15.9. The molecule has 4 atom stereocenters. The summed E-state index contributed by atoms with van der Waals surface area (Å²) < 4.78 is 5.31. The van der Waals surface area contributed by atoms with Crippen LogP contribution in [0, 0.1) is 5.92 Å². The number of hydrogen-bond acceptors (Lipinski definition) is 4. The molecule has 5 heteroatoms. The van der Waals surface area contributed by atoms with Crippen LogP contribution in [0.15, 0.2) is 23.8 Å². The lowest BCUT2D eigenvalue weighted by atomic mass is 9.99. The van der Waals surface area contributed by atoms with Gasteiger partial charge in [-0.3, -0.25) is 9.59 Å². The van der Waals surface area contributed by atoms with Crippen molar-refractivity contribution in [2.45, 2.75) is 57.5 Å². The fourth-order valence-corrected chi connectivity index (χ4v) is 2.91. The fourth-order valence-electron chi connectivity index (χ4n) is 2.91. The van der Waals surface area contributed by atoms with Crippen molar-refractivity contribution >= 4 is 11.7 Å². The number of ether oxygens (including phenoxy) is 1. The molecule has 120 valence electrons. The smallest absolute Gasteiger partial charge is 0.255 e. The van der Waals surface area contributed by atoms with Crippen LogP contribution in [0.2, 0.25) is 0 Å². The molecule has 1 saturated carbocycles. The first-order chi connectivity index (χ1) is 10.5. The highest BCUT2D eigenvalue weighted by atomic mass is 16.6. The molecule has 2 aliphatic heterocycles. The highest BCUT2D eigenvalue weighted by Crippen LogP contribution is 2.34. The van der Waals surface area contributed by atoms with Crippen molar-refractivity contribution in [1.82, 2.24) is 4.90 Å². The summed E-state index contributed by atoms with van der Waals surface area (Å²) in [5.74, 6) is 0.223. The number of Topliss-reactive ketones (excluding diaryl/α,β-unsaturated/α-hetero) is 1. The first-order valence-electron chi connectivity index (χ1n) is 7.98. The maximum atomic E-state index is 12.3. The van der Waals surface area contributed by atoms with Crippen LogP contribution in [0.4, 0.5) is 0 Å². The number of carbonyl (C=O) groups is 2. The summed E-state index contributed by atoms with van der Waals surface area (Å²) in [5.41, 5.74) is 0.962. The normalized spacial score (nSPS) is 31.1. The van der Waals surface area contributed by atoms with E-state index in [0.29, 0.717) is 12.5 Å². The Balaban J connectivity index is 1.78. The van der Waals surface area contributed by atoms with E-state index >= 15 is 0 Å². The van der Waals surface area contributed by atoms with Crippen LogP contribution in [0.1, 0.15) is 33.1 Å². The number of carbonyl (C=O) groups excluding carboxylic acids is 2. The van der Waals surface area contributed by atoms with Gasteiger partial charge in [-0.05, 0) is 39.0 Å². The number of rotatable bonds is 6. The molecule has 0 spiro atoms. The molecule has 1 amide bonds. The first-order valence-corrected chi connectivity index (χ1v) is 7.98. The standard InChI is InChI=1S/C17H23NO4/c1-10(3-4-12-5-6-12)9-13(15(20)11(2)19)18-8-7-14-16(22-14)17(18)21/h3-4,9,12-16,20H,5-8H2,1-2H3/b4-3+,10-9+/t13-,14+,15-,16+/m1/s1. The Hall–Kier alpha value is -1.46. The van der Waals surface area contributed by atoms with Gasteiger partial charge in [0.15, 0.2) is 11.9 Å². The van der Waals surface area contributed by atoms with Gasteiger partial charge in [0.2, 0.25) is 0 Å². The largest absolute Gasteiger partial charge is 0.383 e. The molecule has 0 bridgehead atoms. The van der Waals surface area contributed by atoms with Crippen LogP contribution in [0.3, 0.4) is 0 Å². The third-order valence-corrected chi connectivity index (χ3v) is 4.55. The van der Waals surface area contributed by atoms with Crippen molar-refractivity contribution in [3.63, 3.8) is 0 Å². The third kappa shape index (κ3) is 3.31. The molecule has 1 N–H and O–H groups in total. The Morgan fingerprint density at radius 2 is 2.09 bits per heavy atom. The van der Waals surface area contributed by atoms with Crippen LogP contribution in [-0.4, -0.2) is 52.6 Å². The predicted octanol–water partition coefficient (Wildman–Crippen LogP) is 1.22. The van der Waals surface area contributed by atoms with E-state index in [4.69, 9.17) is 4.74 Å². The molecule has 5 nitrogen and oxygen atoms in total. The molecule has 3 aliphatic rings. The second kappa shape index (κ2) is 5.97. The molecule has 0 aromatic carbocycles. The summed E-state index contributed by atoms with van der Waals surface area (Å²) in [4.78, 5) is 25.5. The Bertz CT molecular complexity index is 535. The van der Waals surface area contributed by atoms with Crippen LogP contribution >= 0.6 is 0 Å². The number of amides is 1. The van der Waals surface area contributed by atoms with Gasteiger partial charge in [0.1, 0.15) is 6.10 Å². The topological polar surface area (TPSA) is 70.1 Å². The van der Waals surface area contributed by atoms with Gasteiger partial charge < -0.3 is 14.7 Å². The average molecular weight is 305 g/mol. The lowest BCUT2D eigenvalue weighted by Gasteiger charge is -2.33. The summed E-state index contributed by atoms with van der Waals surface area (Å²) in [5, 5.41) is 10.2. The highest BCUT2D eigenvalue weighted by molar-refractivity contribution is 5.87. The van der Waals surface area contributed by atoms with E-state index in [1.807, 2.05) is 19.1 Å².